The van der Waals surface area contributed by atoms with Gasteiger partial charge in [0, 0.05) is 17.4 Å². The largest absolute Gasteiger partial charge is 0.484 e. The summed E-state index contributed by atoms with van der Waals surface area (Å²) in [6, 6.07) is 4.94. The van der Waals surface area contributed by atoms with Gasteiger partial charge in [0.25, 0.3) is 0 Å². The van der Waals surface area contributed by atoms with Crippen LogP contribution >= 0.6 is 23.2 Å². The highest BCUT2D eigenvalue weighted by Crippen LogP contribution is 2.27. The number of hydrogen-bond acceptors (Lipinski definition) is 4. The zero-order valence-corrected chi connectivity index (χ0v) is 10.6. The second-order valence-electron chi connectivity index (χ2n) is 3.41. The van der Waals surface area contributed by atoms with Gasteiger partial charge in [-0.05, 0) is 18.2 Å². The third-order valence-corrected chi connectivity index (χ3v) is 2.64. The molecule has 0 saturated heterocycles. The molecular weight excluding hydrogens is 275 g/mol. The van der Waals surface area contributed by atoms with Gasteiger partial charge in [0.15, 0.2) is 12.1 Å². The molecule has 1 aromatic carbocycles. The van der Waals surface area contributed by atoms with Crippen LogP contribution in [0.5, 0.6) is 5.75 Å². The van der Waals surface area contributed by atoms with Crippen LogP contribution in [0.3, 0.4) is 0 Å². The molecule has 0 saturated carbocycles. The number of rotatable bonds is 4. The molecule has 1 aromatic heterocycles. The van der Waals surface area contributed by atoms with Gasteiger partial charge in [0.05, 0.1) is 10.6 Å². The fourth-order valence-electron chi connectivity index (χ4n) is 1.23. The van der Waals surface area contributed by atoms with E-state index in [0.29, 0.717) is 33.5 Å². The molecule has 18 heavy (non-hydrogen) atoms. The maximum Gasteiger partial charge on any atom is 0.166 e. The summed E-state index contributed by atoms with van der Waals surface area (Å²) in [6.07, 6.45) is 3.55. The minimum Gasteiger partial charge on any atom is -0.484 e. The fourth-order valence-corrected chi connectivity index (χ4v) is 1.70. The highest BCUT2D eigenvalue weighted by molar-refractivity contribution is 6.35. The Kier molecular flexibility index (Phi) is 4.12. The van der Waals surface area contributed by atoms with Crippen LogP contribution in [0.25, 0.3) is 0 Å². The lowest BCUT2D eigenvalue weighted by atomic mass is 10.3. The van der Waals surface area contributed by atoms with Gasteiger partial charge in [0.1, 0.15) is 12.4 Å². The van der Waals surface area contributed by atoms with Crippen molar-refractivity contribution in [2.45, 2.75) is 6.61 Å². The average Bonchev–Trinajstić information content (AvgIpc) is 2.38. The summed E-state index contributed by atoms with van der Waals surface area (Å²) in [5.74, 6) is 0.968. The molecule has 0 unspecified atom stereocenters. The Hall–Kier alpha value is -1.65. The van der Waals surface area contributed by atoms with Gasteiger partial charge in [-0.3, -0.25) is 4.79 Å². The van der Waals surface area contributed by atoms with Crippen LogP contribution in [0.4, 0.5) is 0 Å². The summed E-state index contributed by atoms with van der Waals surface area (Å²) in [5, 5.41) is 0.964. The van der Waals surface area contributed by atoms with Crippen LogP contribution in [-0.2, 0) is 6.61 Å². The Morgan fingerprint density at radius 2 is 1.94 bits per heavy atom. The van der Waals surface area contributed by atoms with Crippen LogP contribution < -0.4 is 4.74 Å². The summed E-state index contributed by atoms with van der Waals surface area (Å²) < 4.78 is 5.45. The van der Waals surface area contributed by atoms with E-state index in [1.165, 1.54) is 12.4 Å². The van der Waals surface area contributed by atoms with Gasteiger partial charge < -0.3 is 4.74 Å². The number of carbonyl (C=O) groups excluding carboxylic acids is 1. The van der Waals surface area contributed by atoms with Gasteiger partial charge >= 0.3 is 0 Å². The first-order valence-electron chi connectivity index (χ1n) is 5.03. The summed E-state index contributed by atoms with van der Waals surface area (Å²) in [6.45, 7) is 0.167. The SMILES string of the molecule is O=Cc1cnc(COc2ccc(Cl)cc2Cl)nc1. The third kappa shape index (κ3) is 3.18. The van der Waals surface area contributed by atoms with Crippen LogP contribution in [-0.4, -0.2) is 16.3 Å². The van der Waals surface area contributed by atoms with E-state index in [9.17, 15) is 4.79 Å². The maximum atomic E-state index is 10.4. The zero-order valence-electron chi connectivity index (χ0n) is 9.14. The molecule has 4 nitrogen and oxygen atoms in total. The second kappa shape index (κ2) is 5.80. The van der Waals surface area contributed by atoms with Gasteiger partial charge in [-0.15, -0.1) is 0 Å². The molecule has 2 aromatic rings. The summed E-state index contributed by atoms with van der Waals surface area (Å²) in [7, 11) is 0. The molecule has 0 aliphatic carbocycles. The van der Waals surface area contributed by atoms with E-state index in [1.54, 1.807) is 18.2 Å². The number of ether oxygens (including phenoxy) is 1. The lowest BCUT2D eigenvalue weighted by Gasteiger charge is -2.07. The standard InChI is InChI=1S/C12H8Cl2N2O2/c13-9-1-2-11(10(14)3-9)18-7-12-15-4-8(6-17)5-16-12/h1-6H,7H2. The number of hydrogen-bond donors (Lipinski definition) is 0. The quantitative estimate of drug-likeness (QED) is 0.809. The number of carbonyl (C=O) groups is 1. The second-order valence-corrected chi connectivity index (χ2v) is 4.26. The molecule has 0 radical (unpaired) electrons. The molecule has 0 fully saturated rings. The molecule has 0 aliphatic heterocycles. The molecular formula is C12H8Cl2N2O2. The number of aldehydes is 1. The van der Waals surface area contributed by atoms with Crippen molar-refractivity contribution in [2.75, 3.05) is 0 Å². The predicted molar refractivity (Wildman–Crippen MR) is 68.2 cm³/mol. The van der Waals surface area contributed by atoms with Gasteiger partial charge in [0.2, 0.25) is 0 Å². The van der Waals surface area contributed by atoms with Gasteiger partial charge in [-0.25, -0.2) is 9.97 Å². The smallest absolute Gasteiger partial charge is 0.166 e. The molecule has 2 rings (SSSR count). The number of aromatic nitrogens is 2. The monoisotopic (exact) mass is 282 g/mol. The zero-order chi connectivity index (χ0) is 13.0. The van der Waals surface area contributed by atoms with E-state index >= 15 is 0 Å². The molecule has 0 amide bonds. The molecule has 0 bridgehead atoms. The summed E-state index contributed by atoms with van der Waals surface area (Å²) in [5.41, 5.74) is 0.420. The van der Waals surface area contributed by atoms with E-state index in [4.69, 9.17) is 27.9 Å². The van der Waals surface area contributed by atoms with Crippen molar-refractivity contribution in [3.8, 4) is 5.75 Å². The lowest BCUT2D eigenvalue weighted by molar-refractivity contribution is 0.112. The molecule has 0 aliphatic rings. The van der Waals surface area contributed by atoms with Crippen molar-refractivity contribution in [1.29, 1.82) is 0 Å². The summed E-state index contributed by atoms with van der Waals surface area (Å²) >= 11 is 11.7. The normalized spacial score (nSPS) is 10.1. The summed E-state index contributed by atoms with van der Waals surface area (Å²) in [4.78, 5) is 18.4. The molecule has 1 heterocycles. The Balaban J connectivity index is 2.04. The van der Waals surface area contributed by atoms with Crippen molar-refractivity contribution in [3.63, 3.8) is 0 Å². The van der Waals surface area contributed by atoms with E-state index in [2.05, 4.69) is 9.97 Å². The Bertz CT molecular complexity index is 559. The molecule has 0 N–H and O–H groups in total. The lowest BCUT2D eigenvalue weighted by Crippen LogP contribution is -2.02. The van der Waals surface area contributed by atoms with Crippen molar-refractivity contribution in [3.05, 3.63) is 52.0 Å². The highest BCUT2D eigenvalue weighted by atomic mass is 35.5. The van der Waals surface area contributed by atoms with Gasteiger partial charge in [-0.1, -0.05) is 23.2 Å². The predicted octanol–water partition coefficient (Wildman–Crippen LogP) is 3.17. The number of halogens is 2. The van der Waals surface area contributed by atoms with Crippen LogP contribution in [0.2, 0.25) is 10.0 Å². The molecule has 6 heteroatoms. The molecule has 0 spiro atoms. The maximum absolute atomic E-state index is 10.4. The van der Waals surface area contributed by atoms with Crippen LogP contribution in [0.15, 0.2) is 30.6 Å². The Morgan fingerprint density at radius 1 is 1.22 bits per heavy atom. The number of nitrogens with zero attached hydrogens (tertiary/aromatic N) is 2. The van der Waals surface area contributed by atoms with Crippen molar-refractivity contribution >= 4 is 29.5 Å². The highest BCUT2D eigenvalue weighted by Gasteiger charge is 2.04. The first-order chi connectivity index (χ1) is 8.69. The Labute approximate surface area is 114 Å². The van der Waals surface area contributed by atoms with Gasteiger partial charge in [-0.2, -0.15) is 0 Å². The first-order valence-corrected chi connectivity index (χ1v) is 5.78. The van der Waals surface area contributed by atoms with Crippen molar-refractivity contribution in [2.24, 2.45) is 0 Å². The van der Waals surface area contributed by atoms with Crippen molar-refractivity contribution < 1.29 is 9.53 Å². The minimum atomic E-state index is 0.167. The van der Waals surface area contributed by atoms with E-state index in [0.717, 1.165) is 0 Å². The fraction of sp³-hybridized carbons (Fsp3) is 0.0833. The first kappa shape index (κ1) is 12.8. The topological polar surface area (TPSA) is 52.1 Å². The number of benzene rings is 1. The van der Waals surface area contributed by atoms with Crippen LogP contribution in [0, 0.1) is 0 Å². The van der Waals surface area contributed by atoms with Crippen LogP contribution in [0.1, 0.15) is 16.2 Å². The third-order valence-electron chi connectivity index (χ3n) is 2.11. The van der Waals surface area contributed by atoms with Crippen molar-refractivity contribution in [1.82, 2.24) is 9.97 Å². The average molecular weight is 283 g/mol. The molecule has 0 atom stereocenters. The van der Waals surface area contributed by atoms with E-state index in [-0.39, 0.29) is 6.61 Å². The Morgan fingerprint density at radius 3 is 2.56 bits per heavy atom. The van der Waals surface area contributed by atoms with E-state index in [1.807, 2.05) is 0 Å². The molecule has 92 valence electrons. The minimum absolute atomic E-state index is 0.167. The van der Waals surface area contributed by atoms with E-state index < -0.39 is 0 Å².